The highest BCUT2D eigenvalue weighted by Gasteiger charge is 2.34. The van der Waals surface area contributed by atoms with Gasteiger partial charge in [0.25, 0.3) is 23.6 Å². The van der Waals surface area contributed by atoms with Crippen molar-refractivity contribution in [3.05, 3.63) is 71.3 Å². The molecule has 0 radical (unpaired) electrons. The maximum atomic E-state index is 12.4. The smallest absolute Gasteiger partial charge is 0.412 e. The molecular weight excluding hydrogens is 704 g/mol. The van der Waals surface area contributed by atoms with Crippen LogP contribution in [-0.4, -0.2) is 59.0 Å². The van der Waals surface area contributed by atoms with Crippen LogP contribution in [0, 0.1) is 0 Å². The Morgan fingerprint density at radius 2 is 0.981 bits per heavy atom. The van der Waals surface area contributed by atoms with Gasteiger partial charge in [0.1, 0.15) is 11.2 Å². The van der Waals surface area contributed by atoms with Crippen LogP contribution in [0.3, 0.4) is 0 Å². The summed E-state index contributed by atoms with van der Waals surface area (Å²) in [6, 6.07) is 8.98. The maximum absolute atomic E-state index is 12.4. The first-order chi connectivity index (χ1) is 24.8. The van der Waals surface area contributed by atoms with Gasteiger partial charge in [0.05, 0.1) is 11.4 Å². The minimum Gasteiger partial charge on any atom is -0.444 e. The fraction of sp³-hybridized carbons (Fsp3) is 0.297. The van der Waals surface area contributed by atoms with Gasteiger partial charge in [0.2, 0.25) is 0 Å². The van der Waals surface area contributed by atoms with Gasteiger partial charge in [-0.05, 0) is 98.7 Å². The van der Waals surface area contributed by atoms with Gasteiger partial charge < -0.3 is 25.7 Å². The standard InChI is InChI=1S/C21H21N3O6.C11H17N3O2.C5H4O3/c1-11-6-16(25)23(18(11)27)14-8-13(22-20(29)30-21(3,4)5)9-15(10-14)24-17(26)7-12(2)19(24)28;1-11(2,3)16-10(15)14-9-5-7(12)4-8(13)6-9;1-3-2-4(6)8-5(3)7/h6-10H,1-5H3,(H,22,29);4-6H,12-13H2,1-3H3,(H,14,15);2H,1H3. The molecule has 286 valence electrons. The molecule has 0 fully saturated rings. The van der Waals surface area contributed by atoms with Gasteiger partial charge in [-0.1, -0.05) is 0 Å². The average Bonchev–Trinajstić information content (AvgIpc) is 3.53. The SMILES string of the molecule is CC(C)(C)OC(=O)Nc1cc(N)cc(N)c1.CC1=CC(=O)N(c2cc(NC(=O)OC(C)(C)C)cc(N3C(=O)C=C(C)C3=O)c2)C1=O.CC1=CC(=O)OC1=O. The van der Waals surface area contributed by atoms with E-state index in [-0.39, 0.29) is 28.2 Å². The Hall–Kier alpha value is -6.78. The summed E-state index contributed by atoms with van der Waals surface area (Å²) in [5, 5.41) is 5.07. The lowest BCUT2D eigenvalue weighted by molar-refractivity contribution is -0.150. The van der Waals surface area contributed by atoms with Crippen molar-refractivity contribution < 1.29 is 52.6 Å². The van der Waals surface area contributed by atoms with Gasteiger partial charge >= 0.3 is 24.1 Å². The highest BCUT2D eigenvalue weighted by Crippen LogP contribution is 2.33. The van der Waals surface area contributed by atoms with Gasteiger partial charge in [-0.2, -0.15) is 0 Å². The second-order valence-electron chi connectivity index (χ2n) is 14.0. The molecule has 2 aromatic rings. The average molecular weight is 747 g/mol. The zero-order valence-electron chi connectivity index (χ0n) is 31.2. The molecule has 0 spiro atoms. The predicted molar refractivity (Wildman–Crippen MR) is 199 cm³/mol. The van der Waals surface area contributed by atoms with Crippen LogP contribution in [-0.2, 0) is 43.0 Å². The van der Waals surface area contributed by atoms with Crippen molar-refractivity contribution in [2.45, 2.75) is 73.5 Å². The van der Waals surface area contributed by atoms with Crippen molar-refractivity contribution in [2.24, 2.45) is 0 Å². The Morgan fingerprint density at radius 3 is 1.26 bits per heavy atom. The predicted octanol–water partition coefficient (Wildman–Crippen LogP) is 4.89. The monoisotopic (exact) mass is 746 g/mol. The molecule has 0 saturated heterocycles. The molecule has 2 aromatic carbocycles. The Kier molecular flexibility index (Phi) is 12.5. The van der Waals surface area contributed by atoms with Crippen molar-refractivity contribution in [3.63, 3.8) is 0 Å². The zero-order chi connectivity index (χ0) is 40.9. The Bertz CT molecular complexity index is 1950. The topological polar surface area (TPSA) is 247 Å². The quantitative estimate of drug-likeness (QED) is 0.107. The first-order valence-corrected chi connectivity index (χ1v) is 16.2. The molecule has 6 amide bonds. The van der Waals surface area contributed by atoms with Gasteiger partial charge in [-0.3, -0.25) is 29.8 Å². The van der Waals surface area contributed by atoms with Crippen LogP contribution in [0.5, 0.6) is 0 Å². The summed E-state index contributed by atoms with van der Waals surface area (Å²) in [6.45, 7) is 15.0. The minimum absolute atomic E-state index is 0.104. The minimum atomic E-state index is -0.771. The van der Waals surface area contributed by atoms with Crippen LogP contribution >= 0.6 is 0 Å². The lowest BCUT2D eigenvalue weighted by Crippen LogP contribution is -2.33. The van der Waals surface area contributed by atoms with Gasteiger partial charge in [0.15, 0.2) is 0 Å². The summed E-state index contributed by atoms with van der Waals surface area (Å²) >= 11 is 0. The summed E-state index contributed by atoms with van der Waals surface area (Å²) in [7, 11) is 0. The van der Waals surface area contributed by atoms with E-state index in [9.17, 15) is 38.4 Å². The van der Waals surface area contributed by atoms with E-state index in [1.807, 2.05) is 0 Å². The maximum Gasteiger partial charge on any atom is 0.412 e. The molecule has 0 aliphatic carbocycles. The van der Waals surface area contributed by atoms with Crippen LogP contribution in [0.15, 0.2) is 71.3 Å². The number of amides is 6. The van der Waals surface area contributed by atoms with Crippen LogP contribution < -0.4 is 31.9 Å². The molecule has 5 rings (SSSR count). The first-order valence-electron chi connectivity index (χ1n) is 16.2. The number of nitrogens with zero attached hydrogens (tertiary/aromatic N) is 2. The first kappa shape index (κ1) is 41.6. The number of nitrogens with one attached hydrogen (secondary N) is 2. The fourth-order valence-corrected chi connectivity index (χ4v) is 4.62. The molecule has 0 aromatic heterocycles. The van der Waals surface area contributed by atoms with Gasteiger partial charge in [0, 0.05) is 57.7 Å². The van der Waals surface area contributed by atoms with E-state index in [0.29, 0.717) is 22.6 Å². The van der Waals surface area contributed by atoms with Crippen molar-refractivity contribution in [2.75, 3.05) is 31.9 Å². The molecule has 3 aliphatic rings. The summed E-state index contributed by atoms with van der Waals surface area (Å²) in [5.41, 5.74) is 12.6. The number of carbonyl (C=O) groups is 8. The fourth-order valence-electron chi connectivity index (χ4n) is 4.62. The largest absolute Gasteiger partial charge is 0.444 e. The van der Waals surface area contributed by atoms with Crippen LogP contribution in [0.1, 0.15) is 62.3 Å². The second kappa shape index (κ2) is 16.3. The molecular formula is C37H42N6O11. The second-order valence-corrected chi connectivity index (χ2v) is 14.0. The third-order valence-corrected chi connectivity index (χ3v) is 6.74. The van der Waals surface area contributed by atoms with Crippen LogP contribution in [0.25, 0.3) is 0 Å². The molecule has 0 bridgehead atoms. The molecule has 3 heterocycles. The molecule has 0 unspecified atom stereocenters. The third-order valence-electron chi connectivity index (χ3n) is 6.74. The highest BCUT2D eigenvalue weighted by molar-refractivity contribution is 6.32. The van der Waals surface area contributed by atoms with E-state index in [0.717, 1.165) is 9.80 Å². The molecule has 17 nitrogen and oxygen atoms in total. The lowest BCUT2D eigenvalue weighted by Gasteiger charge is -2.22. The molecule has 0 atom stereocenters. The molecule has 17 heteroatoms. The Labute approximate surface area is 310 Å². The number of benzene rings is 2. The number of imide groups is 2. The third kappa shape index (κ3) is 11.6. The summed E-state index contributed by atoms with van der Waals surface area (Å²) < 4.78 is 14.4. The molecule has 3 aliphatic heterocycles. The number of hydrogen-bond donors (Lipinski definition) is 4. The van der Waals surface area contributed by atoms with E-state index >= 15 is 0 Å². The van der Waals surface area contributed by atoms with E-state index in [2.05, 4.69) is 15.4 Å². The highest BCUT2D eigenvalue weighted by atomic mass is 16.6. The Balaban J connectivity index is 0.000000270. The number of anilines is 6. The number of nitrogens with two attached hydrogens (primary N) is 2. The number of nitrogen functional groups attached to an aromatic ring is 2. The van der Waals surface area contributed by atoms with Crippen molar-refractivity contribution in [1.82, 2.24) is 0 Å². The number of carbonyl (C=O) groups excluding carboxylic acids is 8. The normalized spacial score (nSPS) is 15.3. The van der Waals surface area contributed by atoms with Crippen molar-refractivity contribution in [3.8, 4) is 0 Å². The van der Waals surface area contributed by atoms with E-state index < -0.39 is 59.0 Å². The van der Waals surface area contributed by atoms with E-state index in [1.165, 1.54) is 57.2 Å². The van der Waals surface area contributed by atoms with Crippen molar-refractivity contribution >= 4 is 81.9 Å². The van der Waals surface area contributed by atoms with Crippen LogP contribution in [0.2, 0.25) is 0 Å². The van der Waals surface area contributed by atoms with E-state index in [4.69, 9.17) is 20.9 Å². The van der Waals surface area contributed by atoms with Crippen LogP contribution in [0.4, 0.5) is 43.7 Å². The van der Waals surface area contributed by atoms with Gasteiger partial charge in [-0.25, -0.2) is 29.0 Å². The summed E-state index contributed by atoms with van der Waals surface area (Å²) in [5.74, 6) is -3.29. The van der Waals surface area contributed by atoms with Crippen molar-refractivity contribution in [1.29, 1.82) is 0 Å². The molecule has 54 heavy (non-hydrogen) atoms. The number of ether oxygens (including phenoxy) is 3. The summed E-state index contributed by atoms with van der Waals surface area (Å²) in [4.78, 5) is 95.3. The summed E-state index contributed by atoms with van der Waals surface area (Å²) in [6.07, 6.45) is 2.24. The van der Waals surface area contributed by atoms with E-state index in [1.54, 1.807) is 59.7 Å². The number of cyclic esters (lactones) is 2. The number of hydrogen-bond acceptors (Lipinski definition) is 13. The Morgan fingerprint density at radius 1 is 0.593 bits per heavy atom. The zero-order valence-corrected chi connectivity index (χ0v) is 31.2. The van der Waals surface area contributed by atoms with Gasteiger partial charge in [-0.15, -0.1) is 0 Å². The number of esters is 2. The molecule has 6 N–H and O–H groups in total. The lowest BCUT2D eigenvalue weighted by atomic mass is 10.2. The number of rotatable bonds is 4. The molecule has 0 saturated carbocycles.